The van der Waals surface area contributed by atoms with Crippen molar-refractivity contribution in [1.29, 1.82) is 0 Å². The average molecular weight is 384 g/mol. The molecule has 6 heteroatoms. The molecule has 1 aliphatic carbocycles. The summed E-state index contributed by atoms with van der Waals surface area (Å²) in [6.07, 6.45) is -0.598. The van der Waals surface area contributed by atoms with Crippen molar-refractivity contribution in [3.8, 4) is 0 Å². The monoisotopic (exact) mass is 383 g/mol. The van der Waals surface area contributed by atoms with Crippen molar-refractivity contribution in [2.24, 2.45) is 0 Å². The average Bonchev–Trinajstić information content (AvgIpc) is 3.04. The molecule has 1 aliphatic heterocycles. The molecule has 1 spiro atoms. The van der Waals surface area contributed by atoms with Crippen LogP contribution in [0.1, 0.15) is 43.1 Å². The lowest BCUT2D eigenvalue weighted by Crippen LogP contribution is -2.47. The summed E-state index contributed by atoms with van der Waals surface area (Å²) in [7, 11) is 0. The van der Waals surface area contributed by atoms with Gasteiger partial charge in [0.1, 0.15) is 18.3 Å². The van der Waals surface area contributed by atoms with Gasteiger partial charge in [0.25, 0.3) is 5.91 Å². The number of carbonyl (C=O) groups excluding carboxylic acids is 2. The molecule has 4 nitrogen and oxygen atoms in total. The van der Waals surface area contributed by atoms with E-state index in [-0.39, 0.29) is 19.0 Å². The van der Waals surface area contributed by atoms with Crippen molar-refractivity contribution in [3.63, 3.8) is 0 Å². The van der Waals surface area contributed by atoms with Crippen LogP contribution in [0.2, 0.25) is 0 Å². The molecular weight excluding hydrogens is 365 g/mol. The summed E-state index contributed by atoms with van der Waals surface area (Å²) in [5, 5.41) is 0. The number of rotatable bonds is 2. The summed E-state index contributed by atoms with van der Waals surface area (Å²) in [6.45, 7) is 5.39. The Morgan fingerprint density at radius 1 is 1.48 bits per heavy atom. The Balaban J connectivity index is 1.87. The predicted molar refractivity (Wildman–Crippen MR) is 87.1 cm³/mol. The number of hydrogen-bond acceptors (Lipinski definition) is 3. The molecule has 1 aromatic rings. The van der Waals surface area contributed by atoms with Gasteiger partial charge < -0.3 is 9.64 Å². The van der Waals surface area contributed by atoms with Gasteiger partial charge in [-0.25, -0.2) is 4.39 Å². The highest BCUT2D eigenvalue weighted by atomic mass is 79.9. The number of alkyl halides is 1. The van der Waals surface area contributed by atoms with E-state index in [0.717, 1.165) is 10.0 Å². The lowest BCUT2D eigenvalue weighted by Gasteiger charge is -2.34. The van der Waals surface area contributed by atoms with E-state index in [2.05, 4.69) is 15.9 Å². The summed E-state index contributed by atoms with van der Waals surface area (Å²) >= 11 is 3.38. The normalized spacial score (nSPS) is 26.2. The fourth-order valence-electron chi connectivity index (χ4n) is 3.14. The van der Waals surface area contributed by atoms with Crippen LogP contribution in [0.15, 0.2) is 22.7 Å². The van der Waals surface area contributed by atoms with E-state index in [1.807, 2.05) is 6.07 Å². The van der Waals surface area contributed by atoms with Crippen LogP contribution in [0.5, 0.6) is 0 Å². The third kappa shape index (κ3) is 3.01. The summed E-state index contributed by atoms with van der Waals surface area (Å²) in [4.78, 5) is 26.1. The van der Waals surface area contributed by atoms with Gasteiger partial charge in [-0.15, -0.1) is 0 Å². The molecule has 1 amide bonds. The second kappa shape index (κ2) is 5.30. The van der Waals surface area contributed by atoms with Gasteiger partial charge in [-0.1, -0.05) is 15.9 Å². The van der Waals surface area contributed by atoms with Gasteiger partial charge in [-0.05, 0) is 51.0 Å². The van der Waals surface area contributed by atoms with Gasteiger partial charge >= 0.3 is 5.97 Å². The Hall–Kier alpha value is -1.43. The number of ether oxygens (including phenoxy) is 1. The van der Waals surface area contributed by atoms with E-state index in [0.29, 0.717) is 12.0 Å². The summed E-state index contributed by atoms with van der Waals surface area (Å²) in [5.74, 6) is -0.722. The molecule has 0 aromatic heterocycles. The number of halogens is 2. The maximum absolute atomic E-state index is 14.1. The number of hydrogen-bond donors (Lipinski definition) is 0. The third-order valence-corrected chi connectivity index (χ3v) is 4.72. The molecule has 124 valence electrons. The summed E-state index contributed by atoms with van der Waals surface area (Å²) in [6, 6.07) is 5.27. The van der Waals surface area contributed by atoms with E-state index in [1.54, 1.807) is 32.9 Å². The van der Waals surface area contributed by atoms with Crippen molar-refractivity contribution in [3.05, 3.63) is 33.8 Å². The largest absolute Gasteiger partial charge is 0.459 e. The number of nitrogens with zero attached hydrogens (tertiary/aromatic N) is 1. The lowest BCUT2D eigenvalue weighted by molar-refractivity contribution is -0.155. The molecule has 2 aliphatic rings. The highest BCUT2D eigenvalue weighted by Gasteiger charge is 2.61. The van der Waals surface area contributed by atoms with E-state index in [9.17, 15) is 14.0 Å². The zero-order valence-corrected chi connectivity index (χ0v) is 14.9. The van der Waals surface area contributed by atoms with Crippen molar-refractivity contribution in [1.82, 2.24) is 4.90 Å². The Morgan fingerprint density at radius 2 is 2.13 bits per heavy atom. The van der Waals surface area contributed by atoms with E-state index >= 15 is 0 Å². The van der Waals surface area contributed by atoms with Crippen molar-refractivity contribution in [2.75, 3.05) is 13.1 Å². The molecule has 0 bridgehead atoms. The van der Waals surface area contributed by atoms with Crippen LogP contribution in [0.25, 0.3) is 0 Å². The quantitative estimate of drug-likeness (QED) is 0.736. The van der Waals surface area contributed by atoms with Crippen LogP contribution in [0.3, 0.4) is 0 Å². The number of carbonyl (C=O) groups is 2. The van der Waals surface area contributed by atoms with Crippen LogP contribution < -0.4 is 0 Å². The second-order valence-corrected chi connectivity index (χ2v) is 8.18. The molecule has 1 saturated carbocycles. The fourth-order valence-corrected chi connectivity index (χ4v) is 3.50. The Kier molecular flexibility index (Phi) is 3.78. The van der Waals surface area contributed by atoms with E-state index < -0.39 is 23.2 Å². The molecule has 1 heterocycles. The highest BCUT2D eigenvalue weighted by molar-refractivity contribution is 9.10. The zero-order valence-electron chi connectivity index (χ0n) is 13.4. The van der Waals surface area contributed by atoms with Crippen molar-refractivity contribution in [2.45, 2.75) is 44.4 Å². The SMILES string of the molecule is CC(C)(C)OC(=O)CN1C[C@]2(C[C@H]2F)c2cc(Br)ccc2C1=O. The summed E-state index contributed by atoms with van der Waals surface area (Å²) < 4.78 is 20.2. The standard InChI is InChI=1S/C17H19BrFNO3/c1-16(2,3)23-14(21)8-20-9-17(7-13(17)19)12-6-10(18)4-5-11(12)15(20)22/h4-6,13H,7-9H2,1-3H3/t13-,17-/m1/s1. The first-order chi connectivity index (χ1) is 10.6. The van der Waals surface area contributed by atoms with Gasteiger partial charge in [0, 0.05) is 22.0 Å². The molecule has 0 unspecified atom stereocenters. The van der Waals surface area contributed by atoms with E-state index in [1.165, 1.54) is 4.90 Å². The minimum atomic E-state index is -0.982. The smallest absolute Gasteiger partial charge is 0.326 e. The molecule has 0 N–H and O–H groups in total. The Morgan fingerprint density at radius 3 is 2.70 bits per heavy atom. The zero-order chi connectivity index (χ0) is 17.0. The van der Waals surface area contributed by atoms with Gasteiger partial charge in [-0.3, -0.25) is 9.59 Å². The van der Waals surface area contributed by atoms with Crippen LogP contribution in [-0.2, 0) is 14.9 Å². The first-order valence-corrected chi connectivity index (χ1v) is 8.37. The molecule has 1 aromatic carbocycles. The van der Waals surface area contributed by atoms with Gasteiger partial charge in [0.05, 0.1) is 0 Å². The number of fused-ring (bicyclic) bond motifs is 2. The van der Waals surface area contributed by atoms with Crippen LogP contribution in [0, 0.1) is 0 Å². The Bertz CT molecular complexity index is 685. The topological polar surface area (TPSA) is 46.6 Å². The van der Waals surface area contributed by atoms with Crippen LogP contribution in [-0.4, -0.2) is 41.6 Å². The fraction of sp³-hybridized carbons (Fsp3) is 0.529. The van der Waals surface area contributed by atoms with Crippen LogP contribution >= 0.6 is 15.9 Å². The molecular formula is C17H19BrFNO3. The highest BCUT2D eigenvalue weighted by Crippen LogP contribution is 2.54. The molecule has 1 fully saturated rings. The minimum absolute atomic E-state index is 0.153. The van der Waals surface area contributed by atoms with Crippen molar-refractivity contribution < 1.29 is 18.7 Å². The molecule has 0 saturated heterocycles. The molecule has 2 atom stereocenters. The maximum Gasteiger partial charge on any atom is 0.326 e. The van der Waals surface area contributed by atoms with Gasteiger partial charge in [0.15, 0.2) is 0 Å². The lowest BCUT2D eigenvalue weighted by atomic mass is 9.86. The van der Waals surface area contributed by atoms with Crippen LogP contribution in [0.4, 0.5) is 4.39 Å². The first-order valence-electron chi connectivity index (χ1n) is 7.58. The minimum Gasteiger partial charge on any atom is -0.459 e. The maximum atomic E-state index is 14.1. The number of esters is 1. The van der Waals surface area contributed by atoms with Crippen molar-refractivity contribution >= 4 is 27.8 Å². The Labute approximate surface area is 143 Å². The van der Waals surface area contributed by atoms with Gasteiger partial charge in [-0.2, -0.15) is 0 Å². The molecule has 23 heavy (non-hydrogen) atoms. The molecule has 3 rings (SSSR count). The van der Waals surface area contributed by atoms with E-state index in [4.69, 9.17) is 4.74 Å². The second-order valence-electron chi connectivity index (χ2n) is 7.27. The third-order valence-electron chi connectivity index (χ3n) is 4.23. The number of amides is 1. The van der Waals surface area contributed by atoms with Gasteiger partial charge in [0.2, 0.25) is 0 Å². The number of benzene rings is 1. The predicted octanol–water partition coefficient (Wildman–Crippen LogP) is 3.23. The summed E-state index contributed by atoms with van der Waals surface area (Å²) in [5.41, 5.74) is -0.0684. The first kappa shape index (κ1) is 16.4. The molecule has 0 radical (unpaired) electrons.